The predicted octanol–water partition coefficient (Wildman–Crippen LogP) is 2.70. The van der Waals surface area contributed by atoms with Crippen LogP contribution in [0.2, 0.25) is 0 Å². The van der Waals surface area contributed by atoms with Crippen LogP contribution >= 0.6 is 0 Å². The Hall–Kier alpha value is -2.93. The van der Waals surface area contributed by atoms with E-state index in [0.29, 0.717) is 34.4 Å². The number of carbonyl (C=O) groups excluding carboxylic acids is 1. The Morgan fingerprint density at radius 1 is 1.11 bits per heavy atom. The lowest BCUT2D eigenvalue weighted by molar-refractivity contribution is 0.0409. The molecule has 0 spiro atoms. The molecular weight excluding hydrogens is 356 g/mol. The van der Waals surface area contributed by atoms with E-state index < -0.39 is 5.97 Å². The zero-order valence-corrected chi connectivity index (χ0v) is 15.7. The second kappa shape index (κ2) is 6.91. The Balaban J connectivity index is 1.39. The zero-order chi connectivity index (χ0) is 19.1. The molecule has 28 heavy (non-hydrogen) atoms. The molecule has 0 aliphatic carbocycles. The minimum Gasteiger partial charge on any atom is -0.486 e. The molecule has 0 amide bonds. The van der Waals surface area contributed by atoms with Gasteiger partial charge in [0.25, 0.3) is 0 Å². The SMILES string of the molecule is CN1C2CCCC1C(Oc1cccc3c1nnn3OC(=O)c1ccccc1)C2. The van der Waals surface area contributed by atoms with Crippen molar-refractivity contribution < 1.29 is 14.4 Å². The summed E-state index contributed by atoms with van der Waals surface area (Å²) in [5.41, 5.74) is 1.67. The van der Waals surface area contributed by atoms with Crippen LogP contribution in [0.1, 0.15) is 36.0 Å². The van der Waals surface area contributed by atoms with Gasteiger partial charge in [0.2, 0.25) is 0 Å². The van der Waals surface area contributed by atoms with Crippen LogP contribution in [0, 0.1) is 0 Å². The standard InChI is InChI=1S/C21H22N4O3/c1-24-15-9-5-10-16(24)19(13-15)27-18-12-6-11-17-20(18)22-23-25(17)28-21(26)14-7-3-2-4-8-14/h2-4,6-8,11-12,15-16,19H,5,9-10,13H2,1H3. The van der Waals surface area contributed by atoms with E-state index in [0.717, 1.165) is 17.7 Å². The molecule has 5 rings (SSSR count). The Morgan fingerprint density at radius 3 is 2.79 bits per heavy atom. The van der Waals surface area contributed by atoms with Crippen molar-refractivity contribution in [2.75, 3.05) is 7.05 Å². The number of fused-ring (bicyclic) bond motifs is 3. The van der Waals surface area contributed by atoms with Crippen LogP contribution in [0.4, 0.5) is 0 Å². The van der Waals surface area contributed by atoms with E-state index in [1.54, 1.807) is 24.3 Å². The van der Waals surface area contributed by atoms with Gasteiger partial charge in [-0.15, -0.1) is 5.10 Å². The number of piperidine rings is 1. The highest BCUT2D eigenvalue weighted by atomic mass is 16.7. The number of aromatic nitrogens is 3. The number of rotatable bonds is 4. The summed E-state index contributed by atoms with van der Waals surface area (Å²) >= 11 is 0. The molecule has 2 saturated heterocycles. The fourth-order valence-electron chi connectivity index (χ4n) is 4.46. The molecule has 3 aromatic rings. The lowest BCUT2D eigenvalue weighted by Gasteiger charge is -2.31. The molecule has 1 aromatic heterocycles. The minimum absolute atomic E-state index is 0.153. The van der Waals surface area contributed by atoms with Gasteiger partial charge in [-0.2, -0.15) is 0 Å². The summed E-state index contributed by atoms with van der Waals surface area (Å²) in [6.07, 6.45) is 4.85. The van der Waals surface area contributed by atoms with Gasteiger partial charge in [-0.3, -0.25) is 4.90 Å². The van der Waals surface area contributed by atoms with Crippen molar-refractivity contribution in [2.45, 2.75) is 43.9 Å². The molecular formula is C21H22N4O3. The van der Waals surface area contributed by atoms with Crippen molar-refractivity contribution in [1.82, 2.24) is 20.1 Å². The number of hydrogen-bond acceptors (Lipinski definition) is 6. The highest BCUT2D eigenvalue weighted by Gasteiger charge is 2.43. The van der Waals surface area contributed by atoms with Gasteiger partial charge in [0.05, 0.1) is 5.56 Å². The maximum atomic E-state index is 12.3. The number of ether oxygens (including phenoxy) is 1. The molecule has 3 unspecified atom stereocenters. The number of hydrogen-bond donors (Lipinski definition) is 0. The van der Waals surface area contributed by atoms with E-state index >= 15 is 0 Å². The van der Waals surface area contributed by atoms with Crippen LogP contribution in [0.5, 0.6) is 5.75 Å². The van der Waals surface area contributed by atoms with Gasteiger partial charge in [-0.25, -0.2) is 4.79 Å². The first-order chi connectivity index (χ1) is 13.7. The van der Waals surface area contributed by atoms with Crippen LogP contribution in [-0.2, 0) is 0 Å². The van der Waals surface area contributed by atoms with Crippen molar-refractivity contribution in [3.05, 3.63) is 54.1 Å². The third-order valence-corrected chi connectivity index (χ3v) is 5.94. The quantitative estimate of drug-likeness (QED) is 0.650. The summed E-state index contributed by atoms with van der Waals surface area (Å²) < 4.78 is 6.38. The van der Waals surface area contributed by atoms with Gasteiger partial charge >= 0.3 is 5.97 Å². The summed E-state index contributed by atoms with van der Waals surface area (Å²) in [6, 6.07) is 15.5. The van der Waals surface area contributed by atoms with Gasteiger partial charge in [0, 0.05) is 18.5 Å². The van der Waals surface area contributed by atoms with Crippen LogP contribution in [0.15, 0.2) is 48.5 Å². The lowest BCUT2D eigenvalue weighted by Crippen LogP contribution is -2.40. The van der Waals surface area contributed by atoms with E-state index in [-0.39, 0.29) is 6.10 Å². The molecule has 2 fully saturated rings. The maximum absolute atomic E-state index is 12.3. The smallest absolute Gasteiger partial charge is 0.365 e. The lowest BCUT2D eigenvalue weighted by atomic mass is 10.0. The monoisotopic (exact) mass is 378 g/mol. The van der Waals surface area contributed by atoms with Gasteiger partial charge in [-0.05, 0) is 49.4 Å². The first-order valence-corrected chi connectivity index (χ1v) is 9.71. The molecule has 3 atom stereocenters. The van der Waals surface area contributed by atoms with Gasteiger partial charge in [0.15, 0.2) is 5.52 Å². The Labute approximate surface area is 162 Å². The third-order valence-electron chi connectivity index (χ3n) is 5.94. The Kier molecular flexibility index (Phi) is 4.24. The average Bonchev–Trinajstić information content (AvgIpc) is 3.17. The molecule has 2 aromatic carbocycles. The largest absolute Gasteiger partial charge is 0.486 e. The van der Waals surface area contributed by atoms with Crippen molar-refractivity contribution >= 4 is 17.0 Å². The topological polar surface area (TPSA) is 69.5 Å². The van der Waals surface area contributed by atoms with E-state index in [1.807, 2.05) is 24.3 Å². The summed E-state index contributed by atoms with van der Waals surface area (Å²) in [4.78, 5) is 21.4. The van der Waals surface area contributed by atoms with Crippen molar-refractivity contribution in [3.63, 3.8) is 0 Å². The molecule has 144 valence electrons. The first-order valence-electron chi connectivity index (χ1n) is 9.71. The average molecular weight is 378 g/mol. The molecule has 3 heterocycles. The summed E-state index contributed by atoms with van der Waals surface area (Å²) in [6.45, 7) is 0. The van der Waals surface area contributed by atoms with E-state index in [4.69, 9.17) is 9.57 Å². The molecule has 0 N–H and O–H groups in total. The number of likely N-dealkylation sites (N-methyl/N-ethyl adjacent to an activating group) is 1. The van der Waals surface area contributed by atoms with Gasteiger partial charge in [-0.1, -0.05) is 35.5 Å². The van der Waals surface area contributed by atoms with Gasteiger partial charge < -0.3 is 9.57 Å². The number of nitrogens with zero attached hydrogens (tertiary/aromatic N) is 4. The predicted molar refractivity (Wildman–Crippen MR) is 103 cm³/mol. The fraction of sp³-hybridized carbons (Fsp3) is 0.381. The van der Waals surface area contributed by atoms with Crippen LogP contribution in [-0.4, -0.2) is 51.3 Å². The van der Waals surface area contributed by atoms with E-state index in [2.05, 4.69) is 22.3 Å². The molecule has 2 aliphatic rings. The van der Waals surface area contributed by atoms with E-state index in [9.17, 15) is 4.79 Å². The summed E-state index contributed by atoms with van der Waals surface area (Å²) in [5.74, 6) is 0.204. The normalized spacial score (nSPS) is 24.4. The molecule has 2 aliphatic heterocycles. The molecule has 0 radical (unpaired) electrons. The highest BCUT2D eigenvalue weighted by molar-refractivity contribution is 5.90. The second-order valence-corrected chi connectivity index (χ2v) is 7.54. The van der Waals surface area contributed by atoms with Crippen LogP contribution in [0.25, 0.3) is 11.0 Å². The van der Waals surface area contributed by atoms with Crippen molar-refractivity contribution in [3.8, 4) is 5.75 Å². The first kappa shape index (κ1) is 17.2. The second-order valence-electron chi connectivity index (χ2n) is 7.54. The molecule has 2 bridgehead atoms. The summed E-state index contributed by atoms with van der Waals surface area (Å²) in [7, 11) is 2.19. The molecule has 7 nitrogen and oxygen atoms in total. The molecule has 7 heteroatoms. The Morgan fingerprint density at radius 2 is 1.96 bits per heavy atom. The minimum atomic E-state index is -0.482. The maximum Gasteiger partial charge on any atom is 0.365 e. The Bertz CT molecular complexity index is 1000. The zero-order valence-electron chi connectivity index (χ0n) is 15.7. The van der Waals surface area contributed by atoms with Crippen molar-refractivity contribution in [1.29, 1.82) is 0 Å². The van der Waals surface area contributed by atoms with E-state index in [1.165, 1.54) is 12.8 Å². The third kappa shape index (κ3) is 2.92. The highest BCUT2D eigenvalue weighted by Crippen LogP contribution is 2.37. The number of benzene rings is 2. The van der Waals surface area contributed by atoms with Crippen LogP contribution < -0.4 is 9.57 Å². The summed E-state index contributed by atoms with van der Waals surface area (Å²) in [5, 5.41) is 8.22. The van der Waals surface area contributed by atoms with Crippen LogP contribution in [0.3, 0.4) is 0 Å². The fourth-order valence-corrected chi connectivity index (χ4v) is 4.46. The van der Waals surface area contributed by atoms with Crippen molar-refractivity contribution in [2.24, 2.45) is 0 Å². The van der Waals surface area contributed by atoms with Gasteiger partial charge in [0.1, 0.15) is 17.4 Å². The number of carbonyl (C=O) groups is 1. The molecule has 0 saturated carbocycles.